The van der Waals surface area contributed by atoms with Crippen LogP contribution in [-0.2, 0) is 0 Å². The lowest BCUT2D eigenvalue weighted by Gasteiger charge is -2.12. The van der Waals surface area contributed by atoms with Gasteiger partial charge < -0.3 is 4.74 Å². The van der Waals surface area contributed by atoms with E-state index in [1.807, 2.05) is 32.2 Å². The Morgan fingerprint density at radius 3 is 2.50 bits per heavy atom. The second kappa shape index (κ2) is 4.97. The fraction of sp³-hybridized carbons (Fsp3) is 0.357. The molecule has 0 aliphatic carbocycles. The molecule has 1 aromatic carbocycles. The maximum Gasteiger partial charge on any atom is 0.119 e. The highest BCUT2D eigenvalue weighted by atomic mass is 16.5. The van der Waals surface area contributed by atoms with Gasteiger partial charge in [-0.05, 0) is 49.6 Å². The van der Waals surface area contributed by atoms with Gasteiger partial charge in [-0.25, -0.2) is 0 Å². The largest absolute Gasteiger partial charge is 0.491 e. The molecule has 1 aliphatic rings. The van der Waals surface area contributed by atoms with E-state index < -0.39 is 0 Å². The van der Waals surface area contributed by atoms with E-state index in [-0.39, 0.29) is 6.10 Å². The van der Waals surface area contributed by atoms with Crippen molar-refractivity contribution in [2.45, 2.75) is 26.4 Å². The number of hydrogen-bond donors (Lipinski definition) is 0. The van der Waals surface area contributed by atoms with Gasteiger partial charge in [-0.3, -0.25) is 4.99 Å². The fourth-order valence-electron chi connectivity index (χ4n) is 1.75. The van der Waals surface area contributed by atoms with Crippen LogP contribution < -0.4 is 4.74 Å². The Morgan fingerprint density at radius 2 is 1.94 bits per heavy atom. The summed E-state index contributed by atoms with van der Waals surface area (Å²) in [5.41, 5.74) is 2.62. The molecule has 0 amide bonds. The number of hydrogen-bond acceptors (Lipinski definition) is 2. The first kappa shape index (κ1) is 10.9. The predicted octanol–water partition coefficient (Wildman–Crippen LogP) is 3.33. The molecule has 2 heteroatoms. The highest BCUT2D eigenvalue weighted by Crippen LogP contribution is 2.22. The van der Waals surface area contributed by atoms with E-state index in [0.29, 0.717) is 0 Å². The Kier molecular flexibility index (Phi) is 3.40. The molecule has 0 aromatic heterocycles. The van der Waals surface area contributed by atoms with Crippen LogP contribution in [0.4, 0.5) is 0 Å². The quantitative estimate of drug-likeness (QED) is 0.757. The highest BCUT2D eigenvalue weighted by Gasteiger charge is 2.04. The smallest absolute Gasteiger partial charge is 0.119 e. The minimum absolute atomic E-state index is 0.229. The van der Waals surface area contributed by atoms with Crippen molar-refractivity contribution in [3.05, 3.63) is 35.9 Å². The zero-order chi connectivity index (χ0) is 11.4. The third-order valence-electron chi connectivity index (χ3n) is 2.49. The number of aliphatic imine (C=N–C) groups is 1. The van der Waals surface area contributed by atoms with E-state index in [9.17, 15) is 0 Å². The minimum atomic E-state index is 0.229. The molecule has 84 valence electrons. The summed E-state index contributed by atoms with van der Waals surface area (Å²) in [5.74, 6) is 0.934. The molecule has 1 aromatic rings. The van der Waals surface area contributed by atoms with E-state index in [1.54, 1.807) is 0 Å². The van der Waals surface area contributed by atoms with Crippen molar-refractivity contribution in [2.75, 3.05) is 6.54 Å². The van der Waals surface area contributed by atoms with Crippen LogP contribution in [0, 0.1) is 0 Å². The Hall–Kier alpha value is -1.57. The number of nitrogens with zero attached hydrogens (tertiary/aromatic N) is 1. The van der Waals surface area contributed by atoms with Crippen LogP contribution in [0.5, 0.6) is 5.75 Å². The Labute approximate surface area is 96.7 Å². The monoisotopic (exact) mass is 215 g/mol. The van der Waals surface area contributed by atoms with E-state index in [4.69, 9.17) is 4.74 Å². The van der Waals surface area contributed by atoms with Crippen molar-refractivity contribution in [1.29, 1.82) is 0 Å². The van der Waals surface area contributed by atoms with Crippen molar-refractivity contribution < 1.29 is 4.74 Å². The molecule has 16 heavy (non-hydrogen) atoms. The van der Waals surface area contributed by atoms with Crippen LogP contribution in [-0.4, -0.2) is 18.9 Å². The predicted molar refractivity (Wildman–Crippen MR) is 68.2 cm³/mol. The van der Waals surface area contributed by atoms with Crippen molar-refractivity contribution in [3.8, 4) is 5.75 Å². The third kappa shape index (κ3) is 2.72. The molecule has 2 nitrogen and oxygen atoms in total. The summed E-state index contributed by atoms with van der Waals surface area (Å²) in [6.07, 6.45) is 5.23. The average Bonchev–Trinajstić information content (AvgIpc) is 2.30. The maximum absolute atomic E-state index is 5.61. The third-order valence-corrected chi connectivity index (χ3v) is 2.49. The van der Waals surface area contributed by atoms with Crippen molar-refractivity contribution in [3.63, 3.8) is 0 Å². The second-order valence-corrected chi connectivity index (χ2v) is 4.19. The molecule has 0 radical (unpaired) electrons. The standard InChI is InChI=1S/C14H17NO/c1-11(2)16-14-5-3-12(4-6-14)13-7-9-15-10-8-13/h3-7,9,11H,8,10H2,1-2H3. The van der Waals surface area contributed by atoms with E-state index in [2.05, 4.69) is 23.2 Å². The number of rotatable bonds is 3. The first-order chi connectivity index (χ1) is 7.75. The first-order valence-electron chi connectivity index (χ1n) is 5.72. The highest BCUT2D eigenvalue weighted by molar-refractivity contribution is 5.86. The minimum Gasteiger partial charge on any atom is -0.491 e. The molecule has 0 unspecified atom stereocenters. The lowest BCUT2D eigenvalue weighted by Crippen LogP contribution is -2.05. The lowest BCUT2D eigenvalue weighted by molar-refractivity contribution is 0.242. The number of dihydropyridines is 1. The van der Waals surface area contributed by atoms with Gasteiger partial charge >= 0.3 is 0 Å². The molecular weight excluding hydrogens is 198 g/mol. The van der Waals surface area contributed by atoms with Crippen LogP contribution in [0.2, 0.25) is 0 Å². The number of allylic oxidation sites excluding steroid dienone is 1. The van der Waals surface area contributed by atoms with Gasteiger partial charge in [-0.2, -0.15) is 0 Å². The summed E-state index contributed by atoms with van der Waals surface area (Å²) in [6.45, 7) is 4.97. The summed E-state index contributed by atoms with van der Waals surface area (Å²) in [5, 5.41) is 0. The zero-order valence-electron chi connectivity index (χ0n) is 9.81. The van der Waals surface area contributed by atoms with Crippen LogP contribution in [0.15, 0.2) is 35.3 Å². The summed E-state index contributed by atoms with van der Waals surface area (Å²) in [7, 11) is 0. The molecule has 0 spiro atoms. The second-order valence-electron chi connectivity index (χ2n) is 4.19. The van der Waals surface area contributed by atoms with Gasteiger partial charge in [0.15, 0.2) is 0 Å². The van der Waals surface area contributed by atoms with Crippen molar-refractivity contribution >= 4 is 11.8 Å². The molecule has 0 fully saturated rings. The van der Waals surface area contributed by atoms with Crippen molar-refractivity contribution in [2.24, 2.45) is 4.99 Å². The molecule has 0 atom stereocenters. The van der Waals surface area contributed by atoms with Gasteiger partial charge in [-0.15, -0.1) is 0 Å². The van der Waals surface area contributed by atoms with E-state index in [0.717, 1.165) is 18.7 Å². The fourth-order valence-corrected chi connectivity index (χ4v) is 1.75. The summed E-state index contributed by atoms with van der Waals surface area (Å²) in [4.78, 5) is 4.18. The van der Waals surface area contributed by atoms with Gasteiger partial charge in [-0.1, -0.05) is 12.1 Å². The first-order valence-corrected chi connectivity index (χ1v) is 5.72. The molecule has 0 saturated heterocycles. The summed E-state index contributed by atoms with van der Waals surface area (Å²) >= 11 is 0. The molecule has 0 N–H and O–H groups in total. The Balaban J connectivity index is 2.12. The van der Waals surface area contributed by atoms with Gasteiger partial charge in [0.1, 0.15) is 5.75 Å². The van der Waals surface area contributed by atoms with Crippen LogP contribution in [0.1, 0.15) is 25.8 Å². The normalized spacial score (nSPS) is 15.1. The number of ether oxygens (including phenoxy) is 1. The van der Waals surface area contributed by atoms with Gasteiger partial charge in [0.25, 0.3) is 0 Å². The zero-order valence-corrected chi connectivity index (χ0v) is 9.81. The lowest BCUT2D eigenvalue weighted by atomic mass is 10.0. The molecule has 2 rings (SSSR count). The molecule has 0 bridgehead atoms. The van der Waals surface area contributed by atoms with E-state index in [1.165, 1.54) is 11.1 Å². The number of benzene rings is 1. The summed E-state index contributed by atoms with van der Waals surface area (Å²) in [6, 6.07) is 8.29. The molecule has 1 heterocycles. The van der Waals surface area contributed by atoms with Crippen molar-refractivity contribution in [1.82, 2.24) is 0 Å². The van der Waals surface area contributed by atoms with Crippen LogP contribution in [0.25, 0.3) is 5.57 Å². The maximum atomic E-state index is 5.61. The van der Waals surface area contributed by atoms with Gasteiger partial charge in [0.2, 0.25) is 0 Å². The SMILES string of the molecule is CC(C)Oc1ccc(C2=CC=NCC2)cc1. The summed E-state index contributed by atoms with van der Waals surface area (Å²) < 4.78 is 5.61. The Morgan fingerprint density at radius 1 is 1.19 bits per heavy atom. The average molecular weight is 215 g/mol. The Bertz CT molecular complexity index is 401. The van der Waals surface area contributed by atoms with Crippen LogP contribution >= 0.6 is 0 Å². The topological polar surface area (TPSA) is 21.6 Å². The van der Waals surface area contributed by atoms with E-state index >= 15 is 0 Å². The molecular formula is C14H17NO. The molecule has 1 aliphatic heterocycles. The van der Waals surface area contributed by atoms with Gasteiger partial charge in [0, 0.05) is 12.8 Å². The molecule has 0 saturated carbocycles. The van der Waals surface area contributed by atoms with Gasteiger partial charge in [0.05, 0.1) is 6.10 Å². The van der Waals surface area contributed by atoms with Crippen LogP contribution in [0.3, 0.4) is 0 Å².